The topological polar surface area (TPSA) is 71.3 Å². The molecule has 0 spiro atoms. The maximum atomic E-state index is 10.9. The van der Waals surface area contributed by atoms with Gasteiger partial charge in [-0.3, -0.25) is 4.79 Å². The predicted octanol–water partition coefficient (Wildman–Crippen LogP) is 3.69. The summed E-state index contributed by atoms with van der Waals surface area (Å²) in [6.07, 6.45) is 6.25. The highest BCUT2D eigenvalue weighted by Crippen LogP contribution is 2.33. The van der Waals surface area contributed by atoms with Crippen LogP contribution in [0.1, 0.15) is 11.1 Å². The molecular weight excluding hydrogens is 338 g/mol. The molecule has 4 rings (SSSR count). The fourth-order valence-electron chi connectivity index (χ4n) is 3.23. The van der Waals surface area contributed by atoms with Crippen LogP contribution >= 0.6 is 0 Å². The van der Waals surface area contributed by atoms with Gasteiger partial charge in [-0.1, -0.05) is 18.2 Å². The second kappa shape index (κ2) is 7.29. The number of rotatable bonds is 6. The van der Waals surface area contributed by atoms with Crippen LogP contribution < -0.4 is 10.6 Å². The summed E-state index contributed by atoms with van der Waals surface area (Å²) in [7, 11) is 0. The number of carbonyl (C=O) groups excluding carboxylic acids is 1. The van der Waals surface area contributed by atoms with Crippen molar-refractivity contribution in [3.63, 3.8) is 0 Å². The van der Waals surface area contributed by atoms with Crippen LogP contribution in [0.4, 0.5) is 11.5 Å². The molecule has 134 valence electrons. The van der Waals surface area contributed by atoms with Gasteiger partial charge in [0.25, 0.3) is 0 Å². The smallest absolute Gasteiger partial charge is 0.207 e. The maximum absolute atomic E-state index is 10.9. The summed E-state index contributed by atoms with van der Waals surface area (Å²) in [6.45, 7) is 2.48. The Morgan fingerprint density at radius 1 is 1.07 bits per heavy atom. The number of benzene rings is 1. The van der Waals surface area contributed by atoms with Crippen molar-refractivity contribution in [3.05, 3.63) is 78.2 Å². The van der Waals surface area contributed by atoms with Crippen LogP contribution in [0.2, 0.25) is 0 Å². The molecule has 3 aromatic heterocycles. The molecule has 0 unspecified atom stereocenters. The summed E-state index contributed by atoms with van der Waals surface area (Å²) in [5.41, 5.74) is 6.16. The highest BCUT2D eigenvalue weighted by Gasteiger charge is 2.15. The maximum Gasteiger partial charge on any atom is 0.207 e. The Bertz CT molecular complexity index is 1090. The van der Waals surface area contributed by atoms with E-state index in [2.05, 4.69) is 26.8 Å². The number of carbonyl (C=O) groups is 1. The molecule has 0 fully saturated rings. The van der Waals surface area contributed by atoms with Gasteiger partial charge in [-0.25, -0.2) is 9.50 Å². The Kier molecular flexibility index (Phi) is 4.53. The lowest BCUT2D eigenvalue weighted by molar-refractivity contribution is -0.109. The number of pyridine rings is 2. The van der Waals surface area contributed by atoms with E-state index < -0.39 is 0 Å². The molecule has 4 aromatic rings. The van der Waals surface area contributed by atoms with Gasteiger partial charge in [-0.05, 0) is 53.9 Å². The van der Waals surface area contributed by atoms with Crippen molar-refractivity contribution in [3.8, 4) is 11.1 Å². The number of hydrogen-bond acceptors (Lipinski definition) is 4. The van der Waals surface area contributed by atoms with E-state index in [0.29, 0.717) is 6.54 Å². The monoisotopic (exact) mass is 357 g/mol. The average molecular weight is 357 g/mol. The second-order valence-electron chi connectivity index (χ2n) is 6.19. The summed E-state index contributed by atoms with van der Waals surface area (Å²) in [5, 5.41) is 10.6. The summed E-state index contributed by atoms with van der Waals surface area (Å²) in [5.74, 6) is 0.777. The molecule has 1 aromatic carbocycles. The standard InChI is InChI=1S/C21H19N5O/c1-15-17(12-22-14-27)16(18-13-24-26-11-5-3-6-20(18)26)8-9-19(15)25-21-7-2-4-10-23-21/h2-11,13-14H,12H2,1H3,(H,22,27)(H,23,25). The third-order valence-corrected chi connectivity index (χ3v) is 4.60. The SMILES string of the molecule is Cc1c(Nc2ccccn2)ccc(-c2cnn3ccccc23)c1CNC=O. The number of amides is 1. The molecule has 0 aliphatic heterocycles. The number of nitrogens with zero attached hydrogens (tertiary/aromatic N) is 3. The van der Waals surface area contributed by atoms with Gasteiger partial charge < -0.3 is 10.6 Å². The molecule has 6 heteroatoms. The fraction of sp³-hybridized carbons (Fsp3) is 0.0952. The Hall–Kier alpha value is -3.67. The van der Waals surface area contributed by atoms with E-state index in [1.165, 1.54) is 0 Å². The zero-order chi connectivity index (χ0) is 18.6. The van der Waals surface area contributed by atoms with Crippen LogP contribution in [0.3, 0.4) is 0 Å². The zero-order valence-electron chi connectivity index (χ0n) is 14.9. The largest absolute Gasteiger partial charge is 0.355 e. The van der Waals surface area contributed by atoms with Gasteiger partial charge in [0, 0.05) is 30.2 Å². The second-order valence-corrected chi connectivity index (χ2v) is 6.19. The first kappa shape index (κ1) is 16.8. The lowest BCUT2D eigenvalue weighted by Crippen LogP contribution is -2.13. The Morgan fingerprint density at radius 2 is 1.96 bits per heavy atom. The summed E-state index contributed by atoms with van der Waals surface area (Å²) < 4.78 is 1.85. The number of hydrogen-bond donors (Lipinski definition) is 2. The van der Waals surface area contributed by atoms with E-state index in [9.17, 15) is 4.79 Å². The minimum Gasteiger partial charge on any atom is -0.355 e. The minimum atomic E-state index is 0.437. The summed E-state index contributed by atoms with van der Waals surface area (Å²) in [6, 6.07) is 15.8. The summed E-state index contributed by atoms with van der Waals surface area (Å²) >= 11 is 0. The van der Waals surface area contributed by atoms with Crippen LogP contribution in [0, 0.1) is 6.92 Å². The molecule has 0 radical (unpaired) electrons. The highest BCUT2D eigenvalue weighted by atomic mass is 16.1. The number of fused-ring (bicyclic) bond motifs is 1. The third-order valence-electron chi connectivity index (χ3n) is 4.60. The molecule has 2 N–H and O–H groups in total. The molecule has 0 aliphatic rings. The van der Waals surface area contributed by atoms with E-state index in [0.717, 1.165) is 45.7 Å². The van der Waals surface area contributed by atoms with Gasteiger partial charge in [0.15, 0.2) is 0 Å². The van der Waals surface area contributed by atoms with E-state index in [1.807, 2.05) is 66.3 Å². The summed E-state index contributed by atoms with van der Waals surface area (Å²) in [4.78, 5) is 15.2. The highest BCUT2D eigenvalue weighted by molar-refractivity contribution is 5.84. The van der Waals surface area contributed by atoms with Crippen molar-refractivity contribution in [2.45, 2.75) is 13.5 Å². The minimum absolute atomic E-state index is 0.437. The molecule has 27 heavy (non-hydrogen) atoms. The van der Waals surface area contributed by atoms with E-state index in [1.54, 1.807) is 6.20 Å². The Balaban J connectivity index is 1.82. The third kappa shape index (κ3) is 3.25. The molecule has 0 saturated heterocycles. The van der Waals surface area contributed by atoms with Gasteiger partial charge in [0.05, 0.1) is 11.7 Å². The van der Waals surface area contributed by atoms with Gasteiger partial charge in [-0.2, -0.15) is 5.10 Å². The van der Waals surface area contributed by atoms with Crippen LogP contribution in [-0.2, 0) is 11.3 Å². The van der Waals surface area contributed by atoms with Gasteiger partial charge in [0.1, 0.15) is 5.82 Å². The molecule has 6 nitrogen and oxygen atoms in total. The number of aromatic nitrogens is 3. The van der Waals surface area contributed by atoms with Crippen LogP contribution in [0.15, 0.2) is 67.1 Å². The normalized spacial score (nSPS) is 10.7. The van der Waals surface area contributed by atoms with Crippen molar-refractivity contribution in [2.75, 3.05) is 5.32 Å². The first-order valence-electron chi connectivity index (χ1n) is 8.68. The van der Waals surface area contributed by atoms with E-state index >= 15 is 0 Å². The fourth-order valence-corrected chi connectivity index (χ4v) is 3.23. The number of nitrogens with one attached hydrogen (secondary N) is 2. The number of anilines is 2. The van der Waals surface area contributed by atoms with Crippen LogP contribution in [0.5, 0.6) is 0 Å². The van der Waals surface area contributed by atoms with Crippen molar-refractivity contribution in [1.29, 1.82) is 0 Å². The lowest BCUT2D eigenvalue weighted by atomic mass is 9.95. The molecule has 3 heterocycles. The molecule has 0 atom stereocenters. The molecule has 0 bridgehead atoms. The quantitative estimate of drug-likeness (QED) is 0.516. The van der Waals surface area contributed by atoms with E-state index in [-0.39, 0.29) is 0 Å². The van der Waals surface area contributed by atoms with Gasteiger partial charge >= 0.3 is 0 Å². The van der Waals surface area contributed by atoms with Crippen molar-refractivity contribution in [2.24, 2.45) is 0 Å². The molecule has 0 aliphatic carbocycles. The molecular formula is C21H19N5O. The van der Waals surface area contributed by atoms with E-state index in [4.69, 9.17) is 0 Å². The molecule has 1 amide bonds. The van der Waals surface area contributed by atoms with Crippen LogP contribution in [0.25, 0.3) is 16.6 Å². The van der Waals surface area contributed by atoms with Gasteiger partial charge in [0.2, 0.25) is 6.41 Å². The Labute approximate surface area is 156 Å². The van der Waals surface area contributed by atoms with Crippen LogP contribution in [-0.4, -0.2) is 21.0 Å². The lowest BCUT2D eigenvalue weighted by Gasteiger charge is -2.17. The predicted molar refractivity (Wildman–Crippen MR) is 106 cm³/mol. The average Bonchev–Trinajstić information content (AvgIpc) is 3.13. The van der Waals surface area contributed by atoms with Gasteiger partial charge in [-0.15, -0.1) is 0 Å². The van der Waals surface area contributed by atoms with Crippen molar-refractivity contribution < 1.29 is 4.79 Å². The first-order chi connectivity index (χ1) is 13.3. The first-order valence-corrected chi connectivity index (χ1v) is 8.68. The van der Waals surface area contributed by atoms with Crippen molar-refractivity contribution >= 4 is 23.4 Å². The molecule has 0 saturated carbocycles. The zero-order valence-corrected chi connectivity index (χ0v) is 14.9. The Morgan fingerprint density at radius 3 is 2.78 bits per heavy atom. The van der Waals surface area contributed by atoms with Crippen molar-refractivity contribution in [1.82, 2.24) is 19.9 Å².